The smallest absolute Gasteiger partial charge is 0.341 e. The molecule has 0 bridgehead atoms. The molecule has 0 atom stereocenters. The first-order chi connectivity index (χ1) is 7.70. The Bertz CT molecular complexity index is 352. The first kappa shape index (κ1) is 13.1. The zero-order chi connectivity index (χ0) is 12.0. The van der Waals surface area contributed by atoms with Crippen molar-refractivity contribution in [1.82, 2.24) is 9.78 Å². The van der Waals surface area contributed by atoms with Crippen LogP contribution in [0.1, 0.15) is 23.0 Å². The van der Waals surface area contributed by atoms with Crippen molar-refractivity contribution in [3.05, 3.63) is 17.5 Å². The highest BCUT2D eigenvalue weighted by Crippen LogP contribution is 2.16. The van der Waals surface area contributed by atoms with Gasteiger partial charge in [0, 0.05) is 18.6 Å². The number of aliphatic hydroxyl groups excluding tert-OH is 1. The highest BCUT2D eigenvalue weighted by Gasteiger charge is 2.16. The van der Waals surface area contributed by atoms with E-state index in [1.807, 2.05) is 0 Å². The van der Waals surface area contributed by atoms with Gasteiger partial charge in [0.1, 0.15) is 5.56 Å². The molecule has 0 radical (unpaired) electrons. The first-order valence-electron chi connectivity index (χ1n) is 5.07. The summed E-state index contributed by atoms with van der Waals surface area (Å²) >= 11 is 1.56. The van der Waals surface area contributed by atoms with Crippen molar-refractivity contribution in [2.75, 3.05) is 19.0 Å². The van der Waals surface area contributed by atoms with E-state index in [0.29, 0.717) is 23.7 Å². The van der Waals surface area contributed by atoms with E-state index in [1.165, 1.54) is 6.20 Å². The summed E-state index contributed by atoms with van der Waals surface area (Å²) in [6.45, 7) is 2.27. The van der Waals surface area contributed by atoms with Gasteiger partial charge in [-0.1, -0.05) is 0 Å². The van der Waals surface area contributed by atoms with Crippen LogP contribution in [0.3, 0.4) is 0 Å². The molecule has 1 heterocycles. The monoisotopic (exact) mass is 244 g/mol. The van der Waals surface area contributed by atoms with Gasteiger partial charge in [-0.25, -0.2) is 4.79 Å². The Kier molecular flexibility index (Phi) is 5.34. The third kappa shape index (κ3) is 3.24. The third-order valence-corrected chi connectivity index (χ3v) is 2.98. The maximum atomic E-state index is 11.6. The fourth-order valence-corrected chi connectivity index (χ4v) is 2.06. The van der Waals surface area contributed by atoms with Crippen LogP contribution in [0, 0.1) is 0 Å². The first-order valence-corrected chi connectivity index (χ1v) is 6.22. The number of rotatable bonds is 6. The van der Waals surface area contributed by atoms with Crippen molar-refractivity contribution < 1.29 is 14.6 Å². The van der Waals surface area contributed by atoms with Crippen molar-refractivity contribution in [2.45, 2.75) is 12.7 Å². The number of thioether (sulfide) groups is 1. The second kappa shape index (κ2) is 6.55. The Balaban J connectivity index is 2.73. The molecule has 0 aliphatic rings. The summed E-state index contributed by atoms with van der Waals surface area (Å²) < 4.78 is 6.60. The lowest BCUT2D eigenvalue weighted by Gasteiger charge is -2.05. The van der Waals surface area contributed by atoms with Crippen LogP contribution in [0.25, 0.3) is 0 Å². The number of aromatic nitrogens is 2. The standard InChI is InChI=1S/C10H16N2O3S/c1-3-15-10(14)8-6-11-12(2)9(8)7-16-5-4-13/h6,13H,3-5,7H2,1-2H3. The molecule has 0 unspecified atom stereocenters. The van der Waals surface area contributed by atoms with E-state index in [4.69, 9.17) is 9.84 Å². The predicted molar refractivity (Wildman–Crippen MR) is 62.4 cm³/mol. The lowest BCUT2D eigenvalue weighted by atomic mass is 10.3. The Labute approximate surface area is 98.8 Å². The van der Waals surface area contributed by atoms with E-state index in [9.17, 15) is 4.79 Å². The van der Waals surface area contributed by atoms with Gasteiger partial charge in [0.2, 0.25) is 0 Å². The Morgan fingerprint density at radius 1 is 1.69 bits per heavy atom. The predicted octanol–water partition coefficient (Wildman–Crippen LogP) is 0.822. The minimum Gasteiger partial charge on any atom is -0.462 e. The van der Waals surface area contributed by atoms with E-state index in [2.05, 4.69) is 5.10 Å². The molecule has 0 saturated carbocycles. The molecule has 5 nitrogen and oxygen atoms in total. The van der Waals surface area contributed by atoms with Gasteiger partial charge in [-0.15, -0.1) is 0 Å². The molecule has 1 N–H and O–H groups in total. The molecule has 6 heteroatoms. The molecule has 0 spiro atoms. The summed E-state index contributed by atoms with van der Waals surface area (Å²) in [4.78, 5) is 11.6. The van der Waals surface area contributed by atoms with Crippen LogP contribution in [-0.4, -0.2) is 39.8 Å². The zero-order valence-electron chi connectivity index (χ0n) is 9.47. The minimum atomic E-state index is -0.338. The van der Waals surface area contributed by atoms with Crippen LogP contribution in [0.4, 0.5) is 0 Å². The van der Waals surface area contributed by atoms with Gasteiger partial charge in [0.15, 0.2) is 0 Å². The number of hydrogen-bond acceptors (Lipinski definition) is 5. The molecule has 0 fully saturated rings. The molecule has 0 amide bonds. The molecule has 0 aliphatic carbocycles. The molecule has 0 aliphatic heterocycles. The van der Waals surface area contributed by atoms with E-state index >= 15 is 0 Å². The minimum absolute atomic E-state index is 0.136. The van der Waals surface area contributed by atoms with Crippen LogP contribution in [0.2, 0.25) is 0 Å². The third-order valence-electron chi connectivity index (χ3n) is 2.03. The largest absolute Gasteiger partial charge is 0.462 e. The SMILES string of the molecule is CCOC(=O)c1cnn(C)c1CSCCO. The number of hydrogen-bond donors (Lipinski definition) is 1. The molecule has 90 valence electrons. The van der Waals surface area contributed by atoms with Crippen molar-refractivity contribution >= 4 is 17.7 Å². The van der Waals surface area contributed by atoms with Crippen molar-refractivity contribution in [2.24, 2.45) is 7.05 Å². The lowest BCUT2D eigenvalue weighted by Crippen LogP contribution is -2.08. The quantitative estimate of drug-likeness (QED) is 0.593. The van der Waals surface area contributed by atoms with Gasteiger partial charge in [0.25, 0.3) is 0 Å². The van der Waals surface area contributed by atoms with Gasteiger partial charge >= 0.3 is 5.97 Å². The number of carbonyl (C=O) groups excluding carboxylic acids is 1. The Morgan fingerprint density at radius 3 is 3.06 bits per heavy atom. The van der Waals surface area contributed by atoms with Crippen LogP contribution in [-0.2, 0) is 17.5 Å². The van der Waals surface area contributed by atoms with Crippen LogP contribution in [0.5, 0.6) is 0 Å². The molecule has 1 rings (SSSR count). The number of carbonyl (C=O) groups is 1. The van der Waals surface area contributed by atoms with Crippen molar-refractivity contribution in [3.63, 3.8) is 0 Å². The molecular weight excluding hydrogens is 228 g/mol. The molecule has 1 aromatic heterocycles. The van der Waals surface area contributed by atoms with Gasteiger partial charge in [-0.2, -0.15) is 16.9 Å². The number of esters is 1. The van der Waals surface area contributed by atoms with E-state index in [0.717, 1.165) is 5.69 Å². The Morgan fingerprint density at radius 2 is 2.44 bits per heavy atom. The van der Waals surface area contributed by atoms with E-state index in [1.54, 1.807) is 30.4 Å². The number of aryl methyl sites for hydroxylation is 1. The fraction of sp³-hybridized carbons (Fsp3) is 0.600. The topological polar surface area (TPSA) is 64.3 Å². The van der Waals surface area contributed by atoms with Gasteiger partial charge in [-0.05, 0) is 6.92 Å². The second-order valence-corrected chi connectivity index (χ2v) is 4.23. The summed E-state index contributed by atoms with van der Waals surface area (Å²) in [6, 6.07) is 0. The number of aliphatic hydroxyl groups is 1. The van der Waals surface area contributed by atoms with Crippen molar-refractivity contribution in [1.29, 1.82) is 0 Å². The van der Waals surface area contributed by atoms with Crippen molar-refractivity contribution in [3.8, 4) is 0 Å². The normalized spacial score (nSPS) is 10.4. The number of nitrogens with zero attached hydrogens (tertiary/aromatic N) is 2. The lowest BCUT2D eigenvalue weighted by molar-refractivity contribution is 0.0525. The second-order valence-electron chi connectivity index (χ2n) is 3.13. The van der Waals surface area contributed by atoms with E-state index < -0.39 is 0 Å². The van der Waals surface area contributed by atoms with Crippen LogP contribution in [0.15, 0.2) is 6.20 Å². The summed E-state index contributed by atoms with van der Waals surface area (Å²) in [6.07, 6.45) is 1.52. The molecule has 1 aromatic rings. The molecule has 16 heavy (non-hydrogen) atoms. The van der Waals surface area contributed by atoms with Gasteiger partial charge in [-0.3, -0.25) is 4.68 Å². The highest BCUT2D eigenvalue weighted by atomic mass is 32.2. The van der Waals surface area contributed by atoms with Crippen LogP contribution >= 0.6 is 11.8 Å². The molecular formula is C10H16N2O3S. The summed E-state index contributed by atoms with van der Waals surface area (Å²) in [5.74, 6) is 0.953. The maximum absolute atomic E-state index is 11.6. The summed E-state index contributed by atoms with van der Waals surface area (Å²) in [5, 5.41) is 12.7. The Hall–Kier alpha value is -1.01. The number of ether oxygens (including phenoxy) is 1. The average Bonchev–Trinajstić information content (AvgIpc) is 2.61. The summed E-state index contributed by atoms with van der Waals surface area (Å²) in [7, 11) is 1.79. The van der Waals surface area contributed by atoms with Gasteiger partial charge < -0.3 is 9.84 Å². The zero-order valence-corrected chi connectivity index (χ0v) is 10.3. The highest BCUT2D eigenvalue weighted by molar-refractivity contribution is 7.98. The fourth-order valence-electron chi connectivity index (χ4n) is 1.25. The van der Waals surface area contributed by atoms with Gasteiger partial charge in [0.05, 0.1) is 25.1 Å². The average molecular weight is 244 g/mol. The van der Waals surface area contributed by atoms with Crippen LogP contribution < -0.4 is 0 Å². The molecule has 0 aromatic carbocycles. The summed E-state index contributed by atoms with van der Waals surface area (Å²) in [5.41, 5.74) is 1.34. The van der Waals surface area contributed by atoms with E-state index in [-0.39, 0.29) is 12.6 Å². The maximum Gasteiger partial charge on any atom is 0.341 e. The molecule has 0 saturated heterocycles.